The Morgan fingerprint density at radius 3 is 2.45 bits per heavy atom. The third-order valence-electron chi connectivity index (χ3n) is 5.07. The Bertz CT molecular complexity index is 1240. The SMILES string of the molecule is O=C(C[C@@H]1C(=O)Nc2ccccc2N1C(=O)/C=C/c1ccccc1)Nc1ccc(Cl)c(Cl)c1. The summed E-state index contributed by atoms with van der Waals surface area (Å²) in [6.07, 6.45) is 2.82. The number of nitrogens with one attached hydrogen (secondary N) is 2. The Morgan fingerprint density at radius 1 is 0.970 bits per heavy atom. The monoisotopic (exact) mass is 479 g/mol. The van der Waals surface area contributed by atoms with Crippen molar-refractivity contribution in [2.45, 2.75) is 12.5 Å². The molecule has 3 amide bonds. The maximum absolute atomic E-state index is 13.2. The second-order valence-electron chi connectivity index (χ2n) is 7.36. The number of rotatable bonds is 5. The van der Waals surface area contributed by atoms with E-state index in [2.05, 4.69) is 10.6 Å². The van der Waals surface area contributed by atoms with Crippen molar-refractivity contribution in [3.05, 3.63) is 94.5 Å². The van der Waals surface area contributed by atoms with Gasteiger partial charge in [-0.1, -0.05) is 65.7 Å². The van der Waals surface area contributed by atoms with Crippen LogP contribution in [0, 0.1) is 0 Å². The molecule has 2 N–H and O–H groups in total. The van der Waals surface area contributed by atoms with Crippen molar-refractivity contribution in [2.75, 3.05) is 15.5 Å². The summed E-state index contributed by atoms with van der Waals surface area (Å²) in [6.45, 7) is 0. The number of para-hydroxylation sites is 2. The molecule has 4 rings (SSSR count). The van der Waals surface area contributed by atoms with Crippen LogP contribution >= 0.6 is 23.2 Å². The lowest BCUT2D eigenvalue weighted by Gasteiger charge is -2.35. The highest BCUT2D eigenvalue weighted by Gasteiger charge is 2.37. The fourth-order valence-corrected chi connectivity index (χ4v) is 3.82. The molecular formula is C25H19Cl2N3O3. The average Bonchev–Trinajstić information content (AvgIpc) is 2.81. The van der Waals surface area contributed by atoms with Crippen LogP contribution in [0.5, 0.6) is 0 Å². The van der Waals surface area contributed by atoms with Crippen molar-refractivity contribution in [3.63, 3.8) is 0 Å². The molecule has 1 heterocycles. The molecule has 3 aromatic rings. The van der Waals surface area contributed by atoms with Gasteiger partial charge in [-0.25, -0.2) is 0 Å². The predicted octanol–water partition coefficient (Wildman–Crippen LogP) is 5.39. The van der Waals surface area contributed by atoms with Crippen LogP contribution in [0.1, 0.15) is 12.0 Å². The number of carbonyl (C=O) groups is 3. The van der Waals surface area contributed by atoms with Crippen molar-refractivity contribution in [3.8, 4) is 0 Å². The van der Waals surface area contributed by atoms with Crippen molar-refractivity contribution in [1.82, 2.24) is 0 Å². The maximum atomic E-state index is 13.2. The number of halogens is 2. The highest BCUT2D eigenvalue weighted by molar-refractivity contribution is 6.42. The van der Waals surface area contributed by atoms with E-state index in [0.717, 1.165) is 5.56 Å². The fourth-order valence-electron chi connectivity index (χ4n) is 3.52. The molecule has 3 aromatic carbocycles. The fraction of sp³-hybridized carbons (Fsp3) is 0.0800. The molecule has 0 radical (unpaired) electrons. The lowest BCUT2D eigenvalue weighted by molar-refractivity contribution is -0.124. The van der Waals surface area contributed by atoms with Crippen LogP contribution in [0.15, 0.2) is 78.9 Å². The topological polar surface area (TPSA) is 78.5 Å². The van der Waals surface area contributed by atoms with Gasteiger partial charge in [0.1, 0.15) is 6.04 Å². The number of amides is 3. The van der Waals surface area contributed by atoms with Gasteiger partial charge in [-0.15, -0.1) is 0 Å². The summed E-state index contributed by atoms with van der Waals surface area (Å²) in [5.41, 5.74) is 2.31. The van der Waals surface area contributed by atoms with E-state index in [1.807, 2.05) is 30.3 Å². The number of carbonyl (C=O) groups excluding carboxylic acids is 3. The zero-order valence-corrected chi connectivity index (χ0v) is 18.8. The Balaban J connectivity index is 1.59. The van der Waals surface area contributed by atoms with E-state index >= 15 is 0 Å². The highest BCUT2D eigenvalue weighted by Crippen LogP contribution is 2.33. The Hall–Kier alpha value is -3.61. The molecule has 0 aliphatic carbocycles. The molecule has 166 valence electrons. The first-order chi connectivity index (χ1) is 15.9. The van der Waals surface area contributed by atoms with E-state index in [-0.39, 0.29) is 6.42 Å². The summed E-state index contributed by atoms with van der Waals surface area (Å²) >= 11 is 11.9. The molecule has 6 nitrogen and oxygen atoms in total. The van der Waals surface area contributed by atoms with E-state index in [9.17, 15) is 14.4 Å². The molecule has 33 heavy (non-hydrogen) atoms. The van der Waals surface area contributed by atoms with E-state index in [1.165, 1.54) is 17.0 Å². The van der Waals surface area contributed by atoms with Crippen LogP contribution in [0.4, 0.5) is 17.1 Å². The van der Waals surface area contributed by atoms with Gasteiger partial charge < -0.3 is 10.6 Å². The summed E-state index contributed by atoms with van der Waals surface area (Å²) in [5.74, 6) is -1.30. The summed E-state index contributed by atoms with van der Waals surface area (Å²) in [6, 6.07) is 20.0. The molecule has 8 heteroatoms. The summed E-state index contributed by atoms with van der Waals surface area (Å²) in [7, 11) is 0. The lowest BCUT2D eigenvalue weighted by atomic mass is 10.0. The van der Waals surface area contributed by atoms with Gasteiger partial charge in [-0.3, -0.25) is 19.3 Å². The Labute approximate surface area is 200 Å². The zero-order valence-electron chi connectivity index (χ0n) is 17.3. The van der Waals surface area contributed by atoms with E-state index in [1.54, 1.807) is 42.5 Å². The highest BCUT2D eigenvalue weighted by atomic mass is 35.5. The summed E-state index contributed by atoms with van der Waals surface area (Å²) in [4.78, 5) is 40.2. The third-order valence-corrected chi connectivity index (χ3v) is 5.81. The number of anilines is 3. The molecule has 0 saturated carbocycles. The quantitative estimate of drug-likeness (QED) is 0.481. The van der Waals surface area contributed by atoms with Crippen molar-refractivity contribution in [2.24, 2.45) is 0 Å². The second kappa shape index (κ2) is 9.90. The van der Waals surface area contributed by atoms with Crippen molar-refractivity contribution < 1.29 is 14.4 Å². The third kappa shape index (κ3) is 5.25. The largest absolute Gasteiger partial charge is 0.326 e. The minimum absolute atomic E-state index is 0.245. The molecule has 1 atom stereocenters. The Morgan fingerprint density at radius 2 is 1.70 bits per heavy atom. The summed E-state index contributed by atoms with van der Waals surface area (Å²) in [5, 5.41) is 6.13. The average molecular weight is 480 g/mol. The smallest absolute Gasteiger partial charge is 0.251 e. The number of hydrogen-bond donors (Lipinski definition) is 2. The molecule has 1 aliphatic heterocycles. The minimum atomic E-state index is -1.03. The first-order valence-corrected chi connectivity index (χ1v) is 10.9. The van der Waals surface area contributed by atoms with Gasteiger partial charge in [0.25, 0.3) is 5.91 Å². The lowest BCUT2D eigenvalue weighted by Crippen LogP contribution is -2.52. The van der Waals surface area contributed by atoms with E-state index in [4.69, 9.17) is 23.2 Å². The van der Waals surface area contributed by atoms with Gasteiger partial charge in [-0.05, 0) is 42.0 Å². The molecule has 0 bridgehead atoms. The standard InChI is InChI=1S/C25H19Cl2N3O3/c26-18-12-11-17(14-19(18)27)28-23(31)15-22-25(33)29-20-8-4-5-9-21(20)30(22)24(32)13-10-16-6-2-1-3-7-16/h1-14,22H,15H2,(H,28,31)(H,29,33)/b13-10+/t22-/m1/s1. The number of nitrogens with zero attached hydrogens (tertiary/aromatic N) is 1. The Kier molecular flexibility index (Phi) is 6.77. The number of hydrogen-bond acceptors (Lipinski definition) is 3. The van der Waals surface area contributed by atoms with Crippen LogP contribution in [0.2, 0.25) is 10.0 Å². The normalized spacial score (nSPS) is 15.2. The van der Waals surface area contributed by atoms with E-state index in [0.29, 0.717) is 27.1 Å². The first kappa shape index (κ1) is 22.6. The van der Waals surface area contributed by atoms with Crippen molar-refractivity contribution in [1.29, 1.82) is 0 Å². The van der Waals surface area contributed by atoms with Crippen LogP contribution in [-0.4, -0.2) is 23.8 Å². The van der Waals surface area contributed by atoms with E-state index < -0.39 is 23.8 Å². The van der Waals surface area contributed by atoms with Gasteiger partial charge in [0.05, 0.1) is 27.8 Å². The van der Waals surface area contributed by atoms with Gasteiger partial charge in [-0.2, -0.15) is 0 Å². The minimum Gasteiger partial charge on any atom is -0.326 e. The predicted molar refractivity (Wildman–Crippen MR) is 132 cm³/mol. The van der Waals surface area contributed by atoms with Gasteiger partial charge in [0.15, 0.2) is 0 Å². The number of benzene rings is 3. The van der Waals surface area contributed by atoms with Crippen molar-refractivity contribution >= 4 is 64.1 Å². The molecule has 0 aromatic heterocycles. The maximum Gasteiger partial charge on any atom is 0.251 e. The molecule has 0 saturated heterocycles. The van der Waals surface area contributed by atoms with Crippen LogP contribution in [0.25, 0.3) is 6.08 Å². The summed E-state index contributed by atoms with van der Waals surface area (Å²) < 4.78 is 0. The van der Waals surface area contributed by atoms with Gasteiger partial charge in [0.2, 0.25) is 11.8 Å². The molecule has 0 fully saturated rings. The number of fused-ring (bicyclic) bond motifs is 1. The van der Waals surface area contributed by atoms with Crippen LogP contribution in [-0.2, 0) is 14.4 Å². The molecular weight excluding hydrogens is 461 g/mol. The first-order valence-electron chi connectivity index (χ1n) is 10.1. The van der Waals surface area contributed by atoms with Crippen LogP contribution < -0.4 is 15.5 Å². The van der Waals surface area contributed by atoms with Gasteiger partial charge in [0, 0.05) is 11.8 Å². The molecule has 1 aliphatic rings. The van der Waals surface area contributed by atoms with Gasteiger partial charge >= 0.3 is 0 Å². The van der Waals surface area contributed by atoms with Crippen LogP contribution in [0.3, 0.4) is 0 Å². The molecule has 0 spiro atoms. The molecule has 0 unspecified atom stereocenters. The second-order valence-corrected chi connectivity index (χ2v) is 8.17. The zero-order chi connectivity index (χ0) is 23.4.